The Hall–Kier alpha value is -2.01. The van der Waals surface area contributed by atoms with Gasteiger partial charge in [0.05, 0.1) is 19.7 Å². The van der Waals surface area contributed by atoms with Gasteiger partial charge in [0, 0.05) is 30.6 Å². The smallest absolute Gasteiger partial charge is 0.255 e. The molecule has 102 valence electrons. The van der Waals surface area contributed by atoms with Crippen LogP contribution >= 0.6 is 0 Å². The minimum absolute atomic E-state index is 0.00549. The summed E-state index contributed by atoms with van der Waals surface area (Å²) < 4.78 is 12.2. The van der Waals surface area contributed by atoms with E-state index in [-0.39, 0.29) is 5.56 Å². The first-order valence-corrected chi connectivity index (χ1v) is 6.01. The monoisotopic (exact) mass is 262 g/mol. The number of nitrogens with one attached hydrogen (secondary N) is 1. The van der Waals surface area contributed by atoms with Crippen LogP contribution in [0.25, 0.3) is 10.9 Å². The maximum Gasteiger partial charge on any atom is 0.255 e. The molecule has 5 nitrogen and oxygen atoms in total. The van der Waals surface area contributed by atoms with Crippen LogP contribution in [0.5, 0.6) is 11.5 Å². The Morgan fingerprint density at radius 2 is 1.79 bits per heavy atom. The molecule has 0 aliphatic heterocycles. The summed E-state index contributed by atoms with van der Waals surface area (Å²) in [4.78, 5) is 12.2. The van der Waals surface area contributed by atoms with E-state index in [4.69, 9.17) is 9.47 Å². The van der Waals surface area contributed by atoms with E-state index in [0.717, 1.165) is 16.5 Å². The van der Waals surface area contributed by atoms with Crippen LogP contribution in [-0.4, -0.2) is 25.8 Å². The highest BCUT2D eigenvalue weighted by Gasteiger charge is 2.11. The predicted octanol–water partition coefficient (Wildman–Crippen LogP) is 1.28. The molecule has 0 saturated carbocycles. The molecule has 0 bridgehead atoms. The standard InChI is InChI=1S/C14H18N2O3/c1-15-8-10-5-9-6-12(18-3)13(19-4)7-11(9)16(2)14(10)17/h5-7,15H,8H2,1-4H3. The lowest BCUT2D eigenvalue weighted by atomic mass is 10.1. The molecule has 0 unspecified atom stereocenters. The fourth-order valence-electron chi connectivity index (χ4n) is 2.18. The van der Waals surface area contributed by atoms with Crippen LogP contribution in [0.15, 0.2) is 23.0 Å². The van der Waals surface area contributed by atoms with Crippen LogP contribution in [0.2, 0.25) is 0 Å². The summed E-state index contributed by atoms with van der Waals surface area (Å²) in [6.45, 7) is 0.539. The third-order valence-electron chi connectivity index (χ3n) is 3.17. The first-order chi connectivity index (χ1) is 9.12. The van der Waals surface area contributed by atoms with Crippen LogP contribution in [0, 0.1) is 0 Å². The third kappa shape index (κ3) is 2.29. The summed E-state index contributed by atoms with van der Waals surface area (Å²) in [6.07, 6.45) is 0. The molecule has 0 aliphatic rings. The zero-order chi connectivity index (χ0) is 14.0. The molecule has 0 saturated heterocycles. The molecule has 0 radical (unpaired) electrons. The highest BCUT2D eigenvalue weighted by atomic mass is 16.5. The Morgan fingerprint density at radius 1 is 1.16 bits per heavy atom. The van der Waals surface area contributed by atoms with E-state index in [1.54, 1.807) is 25.8 Å². The van der Waals surface area contributed by atoms with Crippen LogP contribution in [0.3, 0.4) is 0 Å². The average Bonchev–Trinajstić information content (AvgIpc) is 2.43. The highest BCUT2D eigenvalue weighted by molar-refractivity contribution is 5.83. The molecule has 1 aromatic heterocycles. The number of nitrogens with zero attached hydrogens (tertiary/aromatic N) is 1. The van der Waals surface area contributed by atoms with E-state index >= 15 is 0 Å². The van der Waals surface area contributed by atoms with Crippen molar-refractivity contribution >= 4 is 10.9 Å². The Labute approximate surface area is 111 Å². The normalized spacial score (nSPS) is 10.7. The van der Waals surface area contributed by atoms with Gasteiger partial charge in [-0.15, -0.1) is 0 Å². The van der Waals surface area contributed by atoms with Crippen molar-refractivity contribution in [1.82, 2.24) is 9.88 Å². The molecule has 0 amide bonds. The van der Waals surface area contributed by atoms with E-state index in [1.165, 1.54) is 0 Å². The maximum atomic E-state index is 12.2. The van der Waals surface area contributed by atoms with Gasteiger partial charge < -0.3 is 19.4 Å². The Bertz CT molecular complexity index is 662. The molecule has 0 fully saturated rings. The molecule has 19 heavy (non-hydrogen) atoms. The van der Waals surface area contributed by atoms with Gasteiger partial charge in [-0.2, -0.15) is 0 Å². The van der Waals surface area contributed by atoms with Gasteiger partial charge >= 0.3 is 0 Å². The first kappa shape index (κ1) is 13.4. The molecule has 2 aromatic rings. The molecule has 5 heteroatoms. The Kier molecular flexibility index (Phi) is 3.76. The molecule has 2 rings (SSSR count). The second-order valence-electron chi connectivity index (χ2n) is 4.33. The van der Waals surface area contributed by atoms with Gasteiger partial charge in [0.2, 0.25) is 0 Å². The van der Waals surface area contributed by atoms with Crippen molar-refractivity contribution in [2.24, 2.45) is 7.05 Å². The largest absolute Gasteiger partial charge is 0.493 e. The minimum atomic E-state index is -0.00549. The molecule has 1 N–H and O–H groups in total. The van der Waals surface area contributed by atoms with E-state index < -0.39 is 0 Å². The number of aromatic nitrogens is 1. The average molecular weight is 262 g/mol. The van der Waals surface area contributed by atoms with Crippen molar-refractivity contribution in [2.45, 2.75) is 6.54 Å². The van der Waals surface area contributed by atoms with Gasteiger partial charge in [0.15, 0.2) is 11.5 Å². The van der Waals surface area contributed by atoms with Crippen LogP contribution in [-0.2, 0) is 13.6 Å². The maximum absolute atomic E-state index is 12.2. The number of fused-ring (bicyclic) bond motifs is 1. The molecule has 1 heterocycles. The van der Waals surface area contributed by atoms with Gasteiger partial charge in [-0.05, 0) is 19.2 Å². The minimum Gasteiger partial charge on any atom is -0.493 e. The molecular formula is C14H18N2O3. The van der Waals surface area contributed by atoms with Crippen molar-refractivity contribution < 1.29 is 9.47 Å². The van der Waals surface area contributed by atoms with Gasteiger partial charge in [-0.25, -0.2) is 0 Å². The van der Waals surface area contributed by atoms with Gasteiger partial charge in [-0.3, -0.25) is 4.79 Å². The third-order valence-corrected chi connectivity index (χ3v) is 3.17. The van der Waals surface area contributed by atoms with Crippen LogP contribution in [0.1, 0.15) is 5.56 Å². The Morgan fingerprint density at radius 3 is 2.37 bits per heavy atom. The SMILES string of the molecule is CNCc1cc2cc(OC)c(OC)cc2n(C)c1=O. The van der Waals surface area contributed by atoms with E-state index in [2.05, 4.69) is 5.32 Å². The zero-order valence-corrected chi connectivity index (χ0v) is 11.6. The van der Waals surface area contributed by atoms with Crippen molar-refractivity contribution in [3.63, 3.8) is 0 Å². The second-order valence-corrected chi connectivity index (χ2v) is 4.33. The van der Waals surface area contributed by atoms with Crippen molar-refractivity contribution in [1.29, 1.82) is 0 Å². The molecule has 0 atom stereocenters. The van der Waals surface area contributed by atoms with Gasteiger partial charge in [0.1, 0.15) is 0 Å². The number of methoxy groups -OCH3 is 2. The Balaban J connectivity index is 2.77. The summed E-state index contributed by atoms with van der Waals surface area (Å²) in [5, 5.41) is 3.95. The van der Waals surface area contributed by atoms with Crippen molar-refractivity contribution in [3.8, 4) is 11.5 Å². The van der Waals surface area contributed by atoms with Gasteiger partial charge in [-0.1, -0.05) is 0 Å². The quantitative estimate of drug-likeness (QED) is 0.901. The van der Waals surface area contributed by atoms with E-state index in [1.807, 2.05) is 25.2 Å². The summed E-state index contributed by atoms with van der Waals surface area (Å²) in [7, 11) is 6.76. The summed E-state index contributed by atoms with van der Waals surface area (Å²) in [5.74, 6) is 1.27. The molecule has 0 aliphatic carbocycles. The number of aryl methyl sites for hydroxylation is 1. The predicted molar refractivity (Wildman–Crippen MR) is 75.1 cm³/mol. The molecule has 1 aromatic carbocycles. The van der Waals surface area contributed by atoms with Gasteiger partial charge in [0.25, 0.3) is 5.56 Å². The van der Waals surface area contributed by atoms with E-state index in [0.29, 0.717) is 18.0 Å². The van der Waals surface area contributed by atoms with Crippen LogP contribution in [0.4, 0.5) is 0 Å². The lowest BCUT2D eigenvalue weighted by Crippen LogP contribution is -2.24. The van der Waals surface area contributed by atoms with Crippen molar-refractivity contribution in [2.75, 3.05) is 21.3 Å². The number of pyridine rings is 1. The van der Waals surface area contributed by atoms with Crippen LogP contribution < -0.4 is 20.3 Å². The fourth-order valence-corrected chi connectivity index (χ4v) is 2.18. The molecule has 0 spiro atoms. The topological polar surface area (TPSA) is 52.5 Å². The number of hydrogen-bond donors (Lipinski definition) is 1. The second kappa shape index (κ2) is 5.32. The lowest BCUT2D eigenvalue weighted by Gasteiger charge is -2.13. The summed E-state index contributed by atoms with van der Waals surface area (Å²) >= 11 is 0. The fraction of sp³-hybridized carbons (Fsp3) is 0.357. The lowest BCUT2D eigenvalue weighted by molar-refractivity contribution is 0.355. The summed E-state index contributed by atoms with van der Waals surface area (Å²) in [6, 6.07) is 5.58. The zero-order valence-electron chi connectivity index (χ0n) is 11.6. The highest BCUT2D eigenvalue weighted by Crippen LogP contribution is 2.31. The summed E-state index contributed by atoms with van der Waals surface area (Å²) in [5.41, 5.74) is 1.54. The number of rotatable bonds is 4. The number of benzene rings is 1. The molecular weight excluding hydrogens is 244 g/mol. The number of ether oxygens (including phenoxy) is 2. The number of hydrogen-bond acceptors (Lipinski definition) is 4. The van der Waals surface area contributed by atoms with Crippen molar-refractivity contribution in [3.05, 3.63) is 34.1 Å². The van der Waals surface area contributed by atoms with E-state index in [9.17, 15) is 4.79 Å². The first-order valence-electron chi connectivity index (χ1n) is 6.01.